The van der Waals surface area contributed by atoms with E-state index in [0.717, 1.165) is 21.2 Å². The average Bonchev–Trinajstić information content (AvgIpc) is 2.29. The van der Waals surface area contributed by atoms with Gasteiger partial charge in [0.2, 0.25) is 0 Å². The van der Waals surface area contributed by atoms with Crippen LogP contribution in [0.1, 0.15) is 40.4 Å². The Balaban J connectivity index is 3.47. The molecule has 1 rings (SSSR count). The van der Waals surface area contributed by atoms with E-state index in [1.54, 1.807) is 7.11 Å². The molecule has 0 bridgehead atoms. The summed E-state index contributed by atoms with van der Waals surface area (Å²) in [7, 11) is 1.60. The molecule has 0 aliphatic rings. The van der Waals surface area contributed by atoms with E-state index in [4.69, 9.17) is 10.5 Å². The van der Waals surface area contributed by atoms with Gasteiger partial charge in [-0.15, -0.1) is 0 Å². The van der Waals surface area contributed by atoms with Crippen LogP contribution in [-0.2, 0) is 0 Å². The number of nitrogens with two attached hydrogens (primary N) is 1. The molecule has 1 aromatic rings. The van der Waals surface area contributed by atoms with Crippen molar-refractivity contribution in [2.75, 3.05) is 7.11 Å². The topological polar surface area (TPSA) is 52.3 Å². The Morgan fingerprint density at radius 2 is 1.83 bits per heavy atom. The second-order valence-electron chi connectivity index (χ2n) is 4.70. The molecule has 0 fully saturated rings. The van der Waals surface area contributed by atoms with Crippen LogP contribution >= 0.6 is 15.9 Å². The molecule has 0 saturated heterocycles. The Morgan fingerprint density at radius 1 is 1.28 bits per heavy atom. The summed E-state index contributed by atoms with van der Waals surface area (Å²) in [5.41, 5.74) is 9.35. The summed E-state index contributed by atoms with van der Waals surface area (Å²) < 4.78 is 6.38. The van der Waals surface area contributed by atoms with Crippen LogP contribution in [0.5, 0.6) is 5.75 Å². The fourth-order valence-corrected chi connectivity index (χ4v) is 2.56. The smallest absolute Gasteiger partial charge is 0.168 e. The molecule has 0 aliphatic carbocycles. The summed E-state index contributed by atoms with van der Waals surface area (Å²) in [5, 5.41) is 0. The van der Waals surface area contributed by atoms with Gasteiger partial charge in [0, 0.05) is 16.9 Å². The monoisotopic (exact) mass is 313 g/mol. The molecule has 18 heavy (non-hydrogen) atoms. The number of rotatable bonds is 4. The van der Waals surface area contributed by atoms with Crippen molar-refractivity contribution >= 4 is 21.7 Å². The molecule has 2 N–H and O–H groups in total. The molecule has 0 amide bonds. The van der Waals surface area contributed by atoms with E-state index in [0.29, 0.717) is 17.7 Å². The lowest BCUT2D eigenvalue weighted by molar-refractivity contribution is 0.0973. The van der Waals surface area contributed by atoms with Crippen LogP contribution in [0.4, 0.5) is 0 Å². The Labute approximate surface area is 117 Å². The summed E-state index contributed by atoms with van der Waals surface area (Å²) in [4.78, 5) is 12.3. The lowest BCUT2D eigenvalue weighted by atomic mass is 9.94. The summed E-state index contributed by atoms with van der Waals surface area (Å²) in [6, 6.07) is -0.151. The Morgan fingerprint density at radius 3 is 2.28 bits per heavy atom. The predicted octanol–water partition coefficient (Wildman–Crippen LogP) is 3.30. The van der Waals surface area contributed by atoms with E-state index >= 15 is 0 Å². The van der Waals surface area contributed by atoms with Crippen LogP contribution in [0.25, 0.3) is 0 Å². The number of hydrogen-bond acceptors (Lipinski definition) is 3. The average molecular weight is 314 g/mol. The first kappa shape index (κ1) is 15.2. The van der Waals surface area contributed by atoms with Crippen molar-refractivity contribution in [2.24, 2.45) is 5.73 Å². The minimum absolute atomic E-state index is 0.0307. The fourth-order valence-electron chi connectivity index (χ4n) is 2.07. The van der Waals surface area contributed by atoms with Crippen molar-refractivity contribution in [3.63, 3.8) is 0 Å². The van der Waals surface area contributed by atoms with E-state index in [-0.39, 0.29) is 11.8 Å². The molecular formula is C14H20BrNO2. The van der Waals surface area contributed by atoms with Gasteiger partial charge in [-0.1, -0.05) is 15.9 Å². The largest absolute Gasteiger partial charge is 0.496 e. The van der Waals surface area contributed by atoms with Gasteiger partial charge in [-0.2, -0.15) is 0 Å². The van der Waals surface area contributed by atoms with E-state index in [2.05, 4.69) is 15.9 Å². The number of ether oxygens (including phenoxy) is 1. The zero-order valence-corrected chi connectivity index (χ0v) is 13.1. The lowest BCUT2D eigenvalue weighted by Crippen LogP contribution is -2.21. The summed E-state index contributed by atoms with van der Waals surface area (Å²) in [6.45, 7) is 7.72. The van der Waals surface area contributed by atoms with Crippen LogP contribution in [0.2, 0.25) is 0 Å². The van der Waals surface area contributed by atoms with E-state index in [9.17, 15) is 4.79 Å². The standard InChI is InChI=1S/C14H20BrNO2/c1-7(16)6-11(17)12-10(4)13(15)8(2)9(3)14(12)18-5/h7H,6,16H2,1-5H3. The van der Waals surface area contributed by atoms with Crippen LogP contribution in [-0.4, -0.2) is 18.9 Å². The molecule has 1 aromatic carbocycles. The number of hydrogen-bond donors (Lipinski definition) is 1. The Bertz CT molecular complexity index is 481. The van der Waals surface area contributed by atoms with Crippen molar-refractivity contribution in [3.05, 3.63) is 26.7 Å². The fraction of sp³-hybridized carbons (Fsp3) is 0.500. The highest BCUT2D eigenvalue weighted by molar-refractivity contribution is 9.10. The number of carbonyl (C=O) groups is 1. The van der Waals surface area contributed by atoms with Crippen LogP contribution in [0.3, 0.4) is 0 Å². The third kappa shape index (κ3) is 2.75. The van der Waals surface area contributed by atoms with Gasteiger partial charge >= 0.3 is 0 Å². The first-order valence-electron chi connectivity index (χ1n) is 5.93. The van der Waals surface area contributed by atoms with Crippen molar-refractivity contribution in [2.45, 2.75) is 40.2 Å². The van der Waals surface area contributed by atoms with Gasteiger partial charge in [-0.3, -0.25) is 4.79 Å². The molecule has 0 aromatic heterocycles. The molecule has 100 valence electrons. The molecule has 1 atom stereocenters. The van der Waals surface area contributed by atoms with E-state index in [1.807, 2.05) is 27.7 Å². The quantitative estimate of drug-likeness (QED) is 0.868. The molecule has 0 heterocycles. The molecule has 4 heteroatoms. The maximum atomic E-state index is 12.3. The first-order valence-corrected chi connectivity index (χ1v) is 6.72. The van der Waals surface area contributed by atoms with Gasteiger partial charge in [0.05, 0.1) is 12.7 Å². The first-order chi connectivity index (χ1) is 8.31. The third-order valence-electron chi connectivity index (χ3n) is 3.15. The van der Waals surface area contributed by atoms with E-state index in [1.165, 1.54) is 0 Å². The zero-order chi connectivity index (χ0) is 14.0. The minimum Gasteiger partial charge on any atom is -0.496 e. The lowest BCUT2D eigenvalue weighted by Gasteiger charge is -2.18. The summed E-state index contributed by atoms with van der Waals surface area (Å²) in [6.07, 6.45) is 0.326. The van der Waals surface area contributed by atoms with Crippen molar-refractivity contribution in [3.8, 4) is 5.75 Å². The van der Waals surface area contributed by atoms with Gasteiger partial charge in [-0.25, -0.2) is 0 Å². The van der Waals surface area contributed by atoms with Crippen molar-refractivity contribution < 1.29 is 9.53 Å². The molecule has 3 nitrogen and oxygen atoms in total. The zero-order valence-electron chi connectivity index (χ0n) is 11.6. The molecule has 0 saturated carbocycles. The molecule has 0 aliphatic heterocycles. The minimum atomic E-state index is -0.151. The normalized spacial score (nSPS) is 12.4. The second-order valence-corrected chi connectivity index (χ2v) is 5.49. The number of Topliss-reactive ketones (excluding diaryl/α,β-unsaturated/α-hetero) is 1. The van der Waals surface area contributed by atoms with Crippen LogP contribution in [0.15, 0.2) is 4.47 Å². The van der Waals surface area contributed by atoms with E-state index < -0.39 is 0 Å². The maximum Gasteiger partial charge on any atom is 0.168 e. The van der Waals surface area contributed by atoms with Crippen LogP contribution in [0, 0.1) is 20.8 Å². The molecule has 0 radical (unpaired) electrons. The van der Waals surface area contributed by atoms with Crippen molar-refractivity contribution in [1.29, 1.82) is 0 Å². The highest BCUT2D eigenvalue weighted by Gasteiger charge is 2.22. The summed E-state index contributed by atoms with van der Waals surface area (Å²) >= 11 is 3.54. The van der Waals surface area contributed by atoms with Gasteiger partial charge in [0.15, 0.2) is 5.78 Å². The highest BCUT2D eigenvalue weighted by Crippen LogP contribution is 2.36. The Hall–Kier alpha value is -0.870. The second kappa shape index (κ2) is 5.85. The number of carbonyl (C=O) groups excluding carboxylic acids is 1. The number of ketones is 1. The van der Waals surface area contributed by atoms with Gasteiger partial charge in [0.25, 0.3) is 0 Å². The number of benzene rings is 1. The number of halogens is 1. The molecule has 0 spiro atoms. The van der Waals surface area contributed by atoms with Crippen molar-refractivity contribution in [1.82, 2.24) is 0 Å². The predicted molar refractivity (Wildman–Crippen MR) is 77.5 cm³/mol. The van der Waals surface area contributed by atoms with Gasteiger partial charge in [0.1, 0.15) is 5.75 Å². The SMILES string of the molecule is COc1c(C)c(C)c(Br)c(C)c1C(=O)CC(C)N. The number of methoxy groups -OCH3 is 1. The third-order valence-corrected chi connectivity index (χ3v) is 4.34. The Kier molecular flexibility index (Phi) is 4.93. The summed E-state index contributed by atoms with van der Waals surface area (Å²) in [5.74, 6) is 0.696. The van der Waals surface area contributed by atoms with Gasteiger partial charge in [-0.05, 0) is 44.4 Å². The molecule has 1 unspecified atom stereocenters. The maximum absolute atomic E-state index is 12.3. The molecular weight excluding hydrogens is 294 g/mol. The highest BCUT2D eigenvalue weighted by atomic mass is 79.9. The van der Waals surface area contributed by atoms with Crippen LogP contribution < -0.4 is 10.5 Å². The van der Waals surface area contributed by atoms with Gasteiger partial charge < -0.3 is 10.5 Å².